The first-order chi connectivity index (χ1) is 16.8. The monoisotopic (exact) mass is 474 g/mol. The van der Waals surface area contributed by atoms with Crippen LogP contribution in [0.1, 0.15) is 5.56 Å². The Labute approximate surface area is 197 Å². The number of ether oxygens (including phenoxy) is 1. The van der Waals surface area contributed by atoms with Crippen molar-refractivity contribution in [1.29, 1.82) is 5.26 Å². The molecule has 0 N–H and O–H groups in total. The summed E-state index contributed by atoms with van der Waals surface area (Å²) in [5, 5.41) is 10.0. The number of nitrogens with zero attached hydrogens (tertiary/aromatic N) is 6. The number of alkyl halides is 3. The van der Waals surface area contributed by atoms with E-state index in [9.17, 15) is 18.4 Å². The maximum Gasteiger partial charge on any atom is 0.416 e. The molecule has 0 spiro atoms. The Morgan fingerprint density at radius 3 is 2.49 bits per heavy atom. The van der Waals surface area contributed by atoms with Crippen LogP contribution < -0.4 is 10.4 Å². The van der Waals surface area contributed by atoms with Crippen molar-refractivity contribution in [3.8, 4) is 28.9 Å². The Balaban J connectivity index is 1.84. The van der Waals surface area contributed by atoms with Crippen LogP contribution in [0.4, 0.5) is 13.2 Å². The van der Waals surface area contributed by atoms with E-state index in [4.69, 9.17) is 4.74 Å². The number of rotatable bonds is 3. The molecule has 0 aliphatic carbocycles. The normalized spacial score (nSPS) is 12.3. The van der Waals surface area contributed by atoms with Crippen LogP contribution in [-0.2, 0) is 13.2 Å². The zero-order valence-corrected chi connectivity index (χ0v) is 18.6. The molecule has 0 saturated heterocycles. The van der Waals surface area contributed by atoms with Gasteiger partial charge in [0, 0.05) is 18.5 Å². The number of aryl methyl sites for hydroxylation is 1. The number of nitriles is 1. The number of halogens is 3. The Kier molecular flexibility index (Phi) is 5.25. The van der Waals surface area contributed by atoms with Crippen molar-refractivity contribution < 1.29 is 17.9 Å². The molecular weight excluding hydrogens is 457 g/mol. The summed E-state index contributed by atoms with van der Waals surface area (Å²) in [5.74, 6) is 0.423. The molecule has 174 valence electrons. The Bertz CT molecular complexity index is 1690. The highest BCUT2D eigenvalue weighted by Crippen LogP contribution is 2.34. The van der Waals surface area contributed by atoms with Gasteiger partial charge in [-0.25, -0.2) is 4.98 Å². The Hall–Kier alpha value is -4.65. The molecule has 2 aromatic carbocycles. The number of hydrogen-bond acceptors (Lipinski definition) is 5. The van der Waals surface area contributed by atoms with Gasteiger partial charge in [0.2, 0.25) is 17.7 Å². The maximum atomic E-state index is 13.3. The number of aromatic nitrogens is 4. The van der Waals surface area contributed by atoms with E-state index in [0.717, 1.165) is 12.1 Å². The second-order valence-electron chi connectivity index (χ2n) is 7.77. The molecule has 0 aliphatic heterocycles. The van der Waals surface area contributed by atoms with E-state index in [2.05, 4.69) is 15.0 Å². The second kappa shape index (κ2) is 8.29. The first-order valence-corrected chi connectivity index (χ1v) is 10.4. The molecule has 0 amide bonds. The molecule has 3 heterocycles. The van der Waals surface area contributed by atoms with Gasteiger partial charge in [-0.3, -0.25) is 9.55 Å². The van der Waals surface area contributed by atoms with Gasteiger partial charge >= 0.3 is 6.18 Å². The second-order valence-corrected chi connectivity index (χ2v) is 7.77. The van der Waals surface area contributed by atoms with E-state index in [1.807, 2.05) is 6.19 Å². The van der Waals surface area contributed by atoms with Gasteiger partial charge in [-0.15, -0.1) is 4.99 Å². The van der Waals surface area contributed by atoms with E-state index in [-0.39, 0.29) is 0 Å². The van der Waals surface area contributed by atoms with Crippen molar-refractivity contribution >= 4 is 21.9 Å². The lowest BCUT2D eigenvalue weighted by Crippen LogP contribution is -2.22. The third kappa shape index (κ3) is 3.77. The molecule has 0 atom stereocenters. The van der Waals surface area contributed by atoms with Gasteiger partial charge in [0.1, 0.15) is 0 Å². The zero-order valence-electron chi connectivity index (χ0n) is 18.6. The first kappa shape index (κ1) is 22.2. The van der Waals surface area contributed by atoms with Crippen LogP contribution in [0.15, 0.2) is 72.0 Å². The van der Waals surface area contributed by atoms with Crippen molar-refractivity contribution in [2.24, 2.45) is 12.0 Å². The predicted octanol–water partition coefficient (Wildman–Crippen LogP) is 4.99. The van der Waals surface area contributed by atoms with Crippen LogP contribution in [0.25, 0.3) is 38.8 Å². The smallest absolute Gasteiger partial charge is 0.416 e. The summed E-state index contributed by atoms with van der Waals surface area (Å²) >= 11 is 0. The Morgan fingerprint density at radius 1 is 1.00 bits per heavy atom. The van der Waals surface area contributed by atoms with Gasteiger partial charge in [0.05, 0.1) is 47.3 Å². The van der Waals surface area contributed by atoms with Crippen LogP contribution >= 0.6 is 0 Å². The topological polar surface area (TPSA) is 81.0 Å². The number of hydrogen-bond donors (Lipinski definition) is 0. The summed E-state index contributed by atoms with van der Waals surface area (Å²) in [4.78, 5) is 12.8. The first-order valence-electron chi connectivity index (χ1n) is 10.4. The van der Waals surface area contributed by atoms with Crippen LogP contribution in [-0.4, -0.2) is 26.2 Å². The third-order valence-electron chi connectivity index (χ3n) is 5.77. The van der Waals surface area contributed by atoms with Gasteiger partial charge < -0.3 is 9.30 Å². The summed E-state index contributed by atoms with van der Waals surface area (Å²) in [6, 6.07) is 13.9. The standard InChI is InChI=1S/C25H17F3N6O/c1-33-21-13-30-20-8-6-16(15-4-3-5-17(10-15)25(26,27)28)11-19(20)23(21)34(24(33)32-14-29)18-7-9-22(35-2)31-12-18/h3-13H,1-2H3. The average molecular weight is 474 g/mol. The lowest BCUT2D eigenvalue weighted by molar-refractivity contribution is -0.137. The van der Waals surface area contributed by atoms with E-state index >= 15 is 0 Å². The summed E-state index contributed by atoms with van der Waals surface area (Å²) in [6.07, 6.45) is 0.657. The van der Waals surface area contributed by atoms with E-state index in [0.29, 0.717) is 50.2 Å². The third-order valence-corrected chi connectivity index (χ3v) is 5.77. The van der Waals surface area contributed by atoms with Crippen LogP contribution in [0.2, 0.25) is 0 Å². The molecule has 7 nitrogen and oxygen atoms in total. The van der Waals surface area contributed by atoms with Crippen molar-refractivity contribution in [3.63, 3.8) is 0 Å². The summed E-state index contributed by atoms with van der Waals surface area (Å²) < 4.78 is 48.5. The summed E-state index contributed by atoms with van der Waals surface area (Å²) in [7, 11) is 3.27. The average Bonchev–Trinajstić information content (AvgIpc) is 3.15. The number of pyridine rings is 2. The number of fused-ring (bicyclic) bond motifs is 3. The SMILES string of the molecule is COc1ccc(-n2c(=NC#N)n(C)c3cnc4ccc(-c5cccc(C(F)(F)F)c5)cc4c32)cn1. The van der Waals surface area contributed by atoms with Gasteiger partial charge in [0.25, 0.3) is 0 Å². The molecule has 5 aromatic rings. The van der Waals surface area contributed by atoms with Crippen molar-refractivity contribution in [1.82, 2.24) is 19.1 Å². The molecule has 0 radical (unpaired) electrons. The van der Waals surface area contributed by atoms with Crippen LogP contribution in [0.3, 0.4) is 0 Å². The van der Waals surface area contributed by atoms with E-state index in [1.165, 1.54) is 13.2 Å². The van der Waals surface area contributed by atoms with E-state index < -0.39 is 11.7 Å². The summed E-state index contributed by atoms with van der Waals surface area (Å²) in [5.41, 5.74) is 3.28. The minimum absolute atomic E-state index is 0.341. The fourth-order valence-electron chi connectivity index (χ4n) is 4.10. The van der Waals surface area contributed by atoms with Gasteiger partial charge in [-0.2, -0.15) is 18.4 Å². The number of benzene rings is 2. The van der Waals surface area contributed by atoms with Gasteiger partial charge in [0.15, 0.2) is 0 Å². The molecule has 35 heavy (non-hydrogen) atoms. The predicted molar refractivity (Wildman–Crippen MR) is 124 cm³/mol. The lowest BCUT2D eigenvalue weighted by atomic mass is 10.0. The maximum absolute atomic E-state index is 13.3. The van der Waals surface area contributed by atoms with Crippen molar-refractivity contribution in [3.05, 3.63) is 78.2 Å². The molecule has 0 saturated carbocycles. The molecule has 0 aliphatic rings. The number of methoxy groups -OCH3 is 1. The van der Waals surface area contributed by atoms with Crippen molar-refractivity contribution in [2.45, 2.75) is 6.18 Å². The minimum Gasteiger partial charge on any atom is -0.481 e. The largest absolute Gasteiger partial charge is 0.481 e. The fourth-order valence-corrected chi connectivity index (χ4v) is 4.10. The quantitative estimate of drug-likeness (QED) is 0.345. The Morgan fingerprint density at radius 2 is 1.80 bits per heavy atom. The zero-order chi connectivity index (χ0) is 24.7. The summed E-state index contributed by atoms with van der Waals surface area (Å²) in [6.45, 7) is 0. The molecule has 0 unspecified atom stereocenters. The van der Waals surface area contributed by atoms with Crippen LogP contribution in [0.5, 0.6) is 5.88 Å². The fraction of sp³-hybridized carbons (Fsp3) is 0.120. The minimum atomic E-state index is -4.45. The van der Waals surface area contributed by atoms with E-state index in [1.54, 1.807) is 65.0 Å². The molecular formula is C25H17F3N6O. The molecule has 0 fully saturated rings. The number of imidazole rings is 1. The molecule has 10 heteroatoms. The van der Waals surface area contributed by atoms with Gasteiger partial charge in [-0.1, -0.05) is 18.2 Å². The van der Waals surface area contributed by atoms with Crippen molar-refractivity contribution in [2.75, 3.05) is 7.11 Å². The highest BCUT2D eigenvalue weighted by molar-refractivity contribution is 6.04. The van der Waals surface area contributed by atoms with Gasteiger partial charge in [-0.05, 0) is 41.5 Å². The molecule has 3 aromatic heterocycles. The molecule has 0 bridgehead atoms. The lowest BCUT2D eigenvalue weighted by Gasteiger charge is -2.11. The molecule has 5 rings (SSSR count). The highest BCUT2D eigenvalue weighted by atomic mass is 19.4. The highest BCUT2D eigenvalue weighted by Gasteiger charge is 2.30. The van der Waals surface area contributed by atoms with Crippen LogP contribution in [0, 0.1) is 11.5 Å².